The predicted octanol–water partition coefficient (Wildman–Crippen LogP) is 2.08. The van der Waals surface area contributed by atoms with Crippen LogP contribution in [0.25, 0.3) is 0 Å². The van der Waals surface area contributed by atoms with Crippen molar-refractivity contribution >= 4 is 21.7 Å². The summed E-state index contributed by atoms with van der Waals surface area (Å²) in [7, 11) is -3.61. The molecule has 0 heterocycles. The number of carbonyl (C=O) groups is 1. The number of sulfonamides is 1. The fourth-order valence-electron chi connectivity index (χ4n) is 1.22. The molecular weight excluding hydrogens is 259 g/mol. The van der Waals surface area contributed by atoms with E-state index in [4.69, 9.17) is 0 Å². The number of urea groups is 1. The Hall–Kier alpha value is -1.63. The highest BCUT2D eigenvalue weighted by Crippen LogP contribution is 2.08. The summed E-state index contributed by atoms with van der Waals surface area (Å²) >= 11 is 0. The molecule has 7 heteroatoms. The van der Waals surface area contributed by atoms with Crippen LogP contribution in [0.1, 0.15) is 19.8 Å². The van der Waals surface area contributed by atoms with E-state index < -0.39 is 21.9 Å². The molecule has 0 spiro atoms. The van der Waals surface area contributed by atoms with Crippen LogP contribution in [0, 0.1) is 5.82 Å². The molecule has 0 aliphatic rings. The molecule has 0 atom stereocenters. The number of benzene rings is 1. The SMILES string of the molecule is CCCCS(=O)(=O)NC(=O)Nc1ccc(F)cc1. The molecule has 1 rings (SSSR count). The van der Waals surface area contributed by atoms with Gasteiger partial charge >= 0.3 is 6.03 Å². The Morgan fingerprint density at radius 2 is 1.89 bits per heavy atom. The fourth-order valence-corrected chi connectivity index (χ4v) is 2.32. The molecular formula is C11H15FN2O3S. The van der Waals surface area contributed by atoms with Crippen molar-refractivity contribution in [3.8, 4) is 0 Å². The number of hydrogen-bond acceptors (Lipinski definition) is 3. The third kappa shape index (κ3) is 5.13. The molecule has 0 aliphatic carbocycles. The first-order chi connectivity index (χ1) is 8.43. The molecule has 0 saturated heterocycles. The zero-order chi connectivity index (χ0) is 13.6. The highest BCUT2D eigenvalue weighted by Gasteiger charge is 2.13. The third-order valence-electron chi connectivity index (χ3n) is 2.12. The van der Waals surface area contributed by atoms with Crippen molar-refractivity contribution in [3.63, 3.8) is 0 Å². The van der Waals surface area contributed by atoms with E-state index in [1.54, 1.807) is 0 Å². The normalized spacial score (nSPS) is 11.0. The molecule has 5 nitrogen and oxygen atoms in total. The first-order valence-corrected chi connectivity index (χ1v) is 7.15. The van der Waals surface area contributed by atoms with E-state index in [-0.39, 0.29) is 5.75 Å². The molecule has 0 saturated carbocycles. The first kappa shape index (κ1) is 14.4. The summed E-state index contributed by atoms with van der Waals surface area (Å²) in [6, 6.07) is 4.17. The molecule has 1 aromatic carbocycles. The average Bonchev–Trinajstić information content (AvgIpc) is 2.29. The molecule has 0 fully saturated rings. The highest BCUT2D eigenvalue weighted by molar-refractivity contribution is 7.90. The van der Waals surface area contributed by atoms with Gasteiger partial charge in [0.2, 0.25) is 10.0 Å². The zero-order valence-electron chi connectivity index (χ0n) is 9.94. The van der Waals surface area contributed by atoms with Gasteiger partial charge in [-0.2, -0.15) is 0 Å². The number of amides is 2. The summed E-state index contributed by atoms with van der Waals surface area (Å²) in [5, 5.41) is 2.31. The van der Waals surface area contributed by atoms with Gasteiger partial charge < -0.3 is 5.32 Å². The van der Waals surface area contributed by atoms with Crippen molar-refractivity contribution in [3.05, 3.63) is 30.1 Å². The van der Waals surface area contributed by atoms with Crippen LogP contribution in [0.4, 0.5) is 14.9 Å². The summed E-state index contributed by atoms with van der Waals surface area (Å²) in [5.74, 6) is -0.531. The van der Waals surface area contributed by atoms with Gasteiger partial charge in [0.05, 0.1) is 5.75 Å². The van der Waals surface area contributed by atoms with Gasteiger partial charge in [-0.3, -0.25) is 0 Å². The lowest BCUT2D eigenvalue weighted by Crippen LogP contribution is -2.35. The van der Waals surface area contributed by atoms with Crippen molar-refractivity contribution in [1.29, 1.82) is 0 Å². The maximum Gasteiger partial charge on any atom is 0.332 e. The Balaban J connectivity index is 2.54. The Morgan fingerprint density at radius 3 is 2.44 bits per heavy atom. The quantitative estimate of drug-likeness (QED) is 0.863. The van der Waals surface area contributed by atoms with Crippen LogP contribution < -0.4 is 10.0 Å². The van der Waals surface area contributed by atoms with E-state index in [1.165, 1.54) is 24.3 Å². The molecule has 1 aromatic rings. The van der Waals surface area contributed by atoms with Crippen molar-refractivity contribution in [1.82, 2.24) is 4.72 Å². The van der Waals surface area contributed by atoms with Gasteiger partial charge in [-0.25, -0.2) is 22.3 Å². The van der Waals surface area contributed by atoms with Crippen LogP contribution in [0.5, 0.6) is 0 Å². The lowest BCUT2D eigenvalue weighted by Gasteiger charge is -2.08. The third-order valence-corrected chi connectivity index (χ3v) is 3.44. The highest BCUT2D eigenvalue weighted by atomic mass is 32.2. The largest absolute Gasteiger partial charge is 0.332 e. The van der Waals surface area contributed by atoms with Crippen LogP contribution in [0.2, 0.25) is 0 Å². The standard InChI is InChI=1S/C11H15FN2O3S/c1-2-3-8-18(16,17)14-11(15)13-10-6-4-9(12)5-7-10/h4-7H,2-3,8H2,1H3,(H2,13,14,15). The van der Waals surface area contributed by atoms with E-state index in [0.717, 1.165) is 6.42 Å². The van der Waals surface area contributed by atoms with Gasteiger partial charge in [0, 0.05) is 5.69 Å². The van der Waals surface area contributed by atoms with Crippen molar-refractivity contribution in [2.24, 2.45) is 0 Å². The van der Waals surface area contributed by atoms with Crippen LogP contribution in [-0.2, 0) is 10.0 Å². The number of carbonyl (C=O) groups excluding carboxylic acids is 1. The molecule has 2 N–H and O–H groups in total. The maximum absolute atomic E-state index is 12.6. The minimum absolute atomic E-state index is 0.0969. The summed E-state index contributed by atoms with van der Waals surface area (Å²) in [4.78, 5) is 11.4. The molecule has 0 aromatic heterocycles. The molecule has 100 valence electrons. The lowest BCUT2D eigenvalue weighted by molar-refractivity contribution is 0.256. The molecule has 0 bridgehead atoms. The zero-order valence-corrected chi connectivity index (χ0v) is 10.8. The smallest absolute Gasteiger partial charge is 0.307 e. The Kier molecular flexibility index (Phi) is 5.08. The summed E-state index contributed by atoms with van der Waals surface area (Å²) in [6.45, 7) is 1.86. The predicted molar refractivity (Wildman–Crippen MR) is 67.2 cm³/mol. The number of hydrogen-bond donors (Lipinski definition) is 2. The maximum atomic E-state index is 12.6. The van der Waals surface area contributed by atoms with Crippen molar-refractivity contribution < 1.29 is 17.6 Å². The van der Waals surface area contributed by atoms with E-state index in [2.05, 4.69) is 5.32 Å². The van der Waals surface area contributed by atoms with Gasteiger partial charge in [-0.1, -0.05) is 13.3 Å². The summed E-state index contributed by atoms with van der Waals surface area (Å²) < 4.78 is 37.3. The molecule has 18 heavy (non-hydrogen) atoms. The van der Waals surface area contributed by atoms with E-state index in [1.807, 2.05) is 11.6 Å². The Bertz CT molecular complexity index is 500. The topological polar surface area (TPSA) is 75.3 Å². The minimum Gasteiger partial charge on any atom is -0.307 e. The molecule has 0 unspecified atom stereocenters. The molecule has 0 aliphatic heterocycles. The van der Waals surface area contributed by atoms with Crippen LogP contribution >= 0.6 is 0 Å². The van der Waals surface area contributed by atoms with Crippen LogP contribution in [0.15, 0.2) is 24.3 Å². The summed E-state index contributed by atoms with van der Waals surface area (Å²) in [6.07, 6.45) is 1.21. The van der Waals surface area contributed by atoms with Gasteiger partial charge in [-0.15, -0.1) is 0 Å². The number of halogens is 1. The molecule has 0 radical (unpaired) electrons. The van der Waals surface area contributed by atoms with Crippen LogP contribution in [0.3, 0.4) is 0 Å². The Morgan fingerprint density at radius 1 is 1.28 bits per heavy atom. The van der Waals surface area contributed by atoms with Crippen molar-refractivity contribution in [2.75, 3.05) is 11.1 Å². The van der Waals surface area contributed by atoms with Crippen molar-refractivity contribution in [2.45, 2.75) is 19.8 Å². The van der Waals surface area contributed by atoms with Gasteiger partial charge in [0.15, 0.2) is 0 Å². The number of rotatable bonds is 5. The van der Waals surface area contributed by atoms with E-state index in [0.29, 0.717) is 12.1 Å². The average molecular weight is 274 g/mol. The van der Waals surface area contributed by atoms with E-state index in [9.17, 15) is 17.6 Å². The first-order valence-electron chi connectivity index (χ1n) is 5.50. The summed E-state index contributed by atoms with van der Waals surface area (Å²) in [5.41, 5.74) is 0.319. The monoisotopic (exact) mass is 274 g/mol. The lowest BCUT2D eigenvalue weighted by atomic mass is 10.3. The second-order valence-electron chi connectivity index (χ2n) is 3.74. The number of unbranched alkanes of at least 4 members (excludes halogenated alkanes) is 1. The second-order valence-corrected chi connectivity index (χ2v) is 5.58. The minimum atomic E-state index is -3.61. The fraction of sp³-hybridized carbons (Fsp3) is 0.364. The number of nitrogens with one attached hydrogen (secondary N) is 2. The van der Waals surface area contributed by atoms with Gasteiger partial charge in [0.25, 0.3) is 0 Å². The van der Waals surface area contributed by atoms with Crippen LogP contribution in [-0.4, -0.2) is 20.2 Å². The number of anilines is 1. The van der Waals surface area contributed by atoms with E-state index >= 15 is 0 Å². The Labute approximate surface area is 105 Å². The van der Waals surface area contributed by atoms with Gasteiger partial charge in [-0.05, 0) is 30.7 Å². The second kappa shape index (κ2) is 6.34. The molecule has 2 amide bonds. The van der Waals surface area contributed by atoms with Gasteiger partial charge in [0.1, 0.15) is 5.82 Å².